The summed E-state index contributed by atoms with van der Waals surface area (Å²) < 4.78 is 45.0. The van der Waals surface area contributed by atoms with E-state index in [2.05, 4.69) is 127 Å². The van der Waals surface area contributed by atoms with Crippen LogP contribution in [0.1, 0.15) is 0 Å². The SMILES string of the molecule is COc1ccccc1P(c1ccccc1O)C1C(P(c2ccccc2OC)c2ccccc2OC)C(P(c2ccccc2OC)c2ccccc2OC)C1P(c1ccccc1OC)c1ccccc1OC. The molecule has 8 nitrogen and oxygen atoms in total. The third-order valence-electron chi connectivity index (χ3n) is 13.1. The molecule has 1 fully saturated rings. The summed E-state index contributed by atoms with van der Waals surface area (Å²) in [5.74, 6) is 5.79. The largest absolute Gasteiger partial charge is 0.507 e. The number of ether oxygens (including phenoxy) is 7. The second kappa shape index (κ2) is 23.0. The zero-order valence-electron chi connectivity index (χ0n) is 40.9. The van der Waals surface area contributed by atoms with Crippen molar-refractivity contribution in [1.82, 2.24) is 0 Å². The molecule has 0 heterocycles. The maximum atomic E-state index is 12.5. The van der Waals surface area contributed by atoms with Gasteiger partial charge in [0.15, 0.2) is 0 Å². The molecule has 1 aliphatic rings. The van der Waals surface area contributed by atoms with E-state index in [4.69, 9.17) is 33.2 Å². The normalized spacial score (nSPS) is 16.8. The fourth-order valence-electron chi connectivity index (χ4n) is 10.2. The molecule has 362 valence electrons. The number of aromatic hydroxyl groups is 1. The van der Waals surface area contributed by atoms with Crippen LogP contribution in [0.5, 0.6) is 46.0 Å². The molecule has 1 N–H and O–H groups in total. The first-order chi connectivity index (χ1) is 34.9. The van der Waals surface area contributed by atoms with Crippen LogP contribution in [0, 0.1) is 0 Å². The minimum absolute atomic E-state index is 0.130. The topological polar surface area (TPSA) is 84.8 Å². The molecule has 0 amide bonds. The summed E-state index contributed by atoms with van der Waals surface area (Å²) in [7, 11) is 6.55. The molecule has 1 saturated carbocycles. The summed E-state index contributed by atoms with van der Waals surface area (Å²) in [5, 5.41) is 20.9. The van der Waals surface area contributed by atoms with Crippen molar-refractivity contribution < 1.29 is 38.3 Å². The third-order valence-corrected chi connectivity index (χ3v) is 26.2. The first kappa shape index (κ1) is 49.8. The Morgan fingerprint density at radius 2 is 0.394 bits per heavy atom. The average molecular weight is 1020 g/mol. The molecule has 0 spiro atoms. The van der Waals surface area contributed by atoms with Gasteiger partial charge in [-0.2, -0.15) is 0 Å². The highest BCUT2D eigenvalue weighted by Crippen LogP contribution is 2.75. The number of phenols is 1. The Morgan fingerprint density at radius 1 is 0.239 bits per heavy atom. The first-order valence-electron chi connectivity index (χ1n) is 23.3. The summed E-state index contributed by atoms with van der Waals surface area (Å²) in [6.07, 6.45) is 0. The molecule has 3 unspecified atom stereocenters. The number of benzene rings is 8. The standard InChI is InChI=1S/C59H58O8P4/c1-61-41-25-9-17-33-49(41)68(48-32-16-8-24-40(48)60)56-57(69(50-34-18-10-26-42(50)62-2)51-35-19-11-27-43(51)63-3)59(71(54-38-22-14-30-46(54)66-6)55-39-23-15-31-47(55)67-7)58(56)70(52-36-20-12-28-44(52)64-4)53-37-21-13-29-45(53)65-5/h8-39,56-60H,1-7H3. The maximum Gasteiger partial charge on any atom is 0.126 e. The van der Waals surface area contributed by atoms with Gasteiger partial charge in [0, 0.05) is 65.1 Å². The molecule has 0 aliphatic heterocycles. The summed E-state index contributed by atoms with van der Waals surface area (Å²) in [6, 6.07) is 67.1. The van der Waals surface area contributed by atoms with Crippen LogP contribution in [-0.2, 0) is 0 Å². The maximum absolute atomic E-state index is 12.5. The average Bonchev–Trinajstić information content (AvgIpc) is 3.43. The van der Waals surface area contributed by atoms with Crippen molar-refractivity contribution >= 4 is 74.1 Å². The molecule has 9 rings (SSSR count). The van der Waals surface area contributed by atoms with Crippen LogP contribution < -0.4 is 75.6 Å². The number of rotatable bonds is 19. The minimum atomic E-state index is -1.50. The molecular weight excluding hydrogens is 961 g/mol. The van der Waals surface area contributed by atoms with E-state index in [-0.39, 0.29) is 28.4 Å². The quantitative estimate of drug-likeness (QED) is 0.0803. The van der Waals surface area contributed by atoms with Crippen molar-refractivity contribution in [2.24, 2.45) is 0 Å². The predicted molar refractivity (Wildman–Crippen MR) is 299 cm³/mol. The summed E-state index contributed by atoms with van der Waals surface area (Å²) in [4.78, 5) is 0. The second-order valence-electron chi connectivity index (χ2n) is 16.6. The number of hydrogen-bond donors (Lipinski definition) is 1. The van der Waals surface area contributed by atoms with Gasteiger partial charge >= 0.3 is 0 Å². The van der Waals surface area contributed by atoms with E-state index in [1.54, 1.807) is 49.8 Å². The number of phenolic OH excluding ortho intramolecular Hbond substituents is 1. The van der Waals surface area contributed by atoms with E-state index in [1.165, 1.54) is 0 Å². The second-order valence-corrected chi connectivity index (χ2v) is 25.8. The molecular formula is C59H58O8P4. The van der Waals surface area contributed by atoms with Crippen molar-refractivity contribution in [3.05, 3.63) is 194 Å². The Morgan fingerprint density at radius 3 is 0.577 bits per heavy atom. The van der Waals surface area contributed by atoms with Crippen LogP contribution in [0.2, 0.25) is 0 Å². The molecule has 12 heteroatoms. The van der Waals surface area contributed by atoms with E-state index in [9.17, 15) is 5.11 Å². The Bertz CT molecular complexity index is 2830. The van der Waals surface area contributed by atoms with Gasteiger partial charge in [-0.15, -0.1) is 0 Å². The van der Waals surface area contributed by atoms with Gasteiger partial charge in [-0.05, 0) is 80.2 Å². The fraction of sp³-hybridized carbons (Fsp3) is 0.186. The van der Waals surface area contributed by atoms with Crippen LogP contribution in [0.25, 0.3) is 0 Å². The van der Waals surface area contributed by atoms with Crippen molar-refractivity contribution in [2.75, 3.05) is 49.8 Å². The lowest BCUT2D eigenvalue weighted by Gasteiger charge is -2.62. The van der Waals surface area contributed by atoms with Crippen LogP contribution >= 0.6 is 31.7 Å². The van der Waals surface area contributed by atoms with Crippen LogP contribution in [0.15, 0.2) is 194 Å². The summed E-state index contributed by atoms with van der Waals surface area (Å²) in [6.45, 7) is 0. The monoisotopic (exact) mass is 1020 g/mol. The van der Waals surface area contributed by atoms with Crippen LogP contribution in [0.3, 0.4) is 0 Å². The highest BCUT2D eigenvalue weighted by Gasteiger charge is 2.64. The predicted octanol–water partition coefficient (Wildman–Crippen LogP) is 9.77. The number of para-hydroxylation sites is 8. The number of hydrogen-bond acceptors (Lipinski definition) is 8. The molecule has 0 aromatic heterocycles. The van der Waals surface area contributed by atoms with E-state index in [1.807, 2.05) is 66.7 Å². The molecule has 0 radical (unpaired) electrons. The van der Waals surface area contributed by atoms with Crippen molar-refractivity contribution in [1.29, 1.82) is 0 Å². The zero-order valence-corrected chi connectivity index (χ0v) is 44.5. The van der Waals surface area contributed by atoms with Gasteiger partial charge in [0.1, 0.15) is 46.0 Å². The molecule has 3 atom stereocenters. The lowest BCUT2D eigenvalue weighted by atomic mass is 9.96. The van der Waals surface area contributed by atoms with Crippen LogP contribution in [-0.4, -0.2) is 77.5 Å². The molecule has 0 bridgehead atoms. The van der Waals surface area contributed by atoms with Gasteiger partial charge in [-0.3, -0.25) is 0 Å². The zero-order chi connectivity index (χ0) is 49.4. The Hall–Kier alpha value is -6.12. The van der Waals surface area contributed by atoms with Crippen LogP contribution in [0.4, 0.5) is 0 Å². The van der Waals surface area contributed by atoms with Crippen molar-refractivity contribution in [2.45, 2.75) is 22.6 Å². The van der Waals surface area contributed by atoms with E-state index < -0.39 is 31.7 Å². The molecule has 1 aliphatic carbocycles. The lowest BCUT2D eigenvalue weighted by Crippen LogP contribution is -2.65. The Kier molecular flexibility index (Phi) is 16.1. The first-order valence-corrected chi connectivity index (χ1v) is 28.9. The van der Waals surface area contributed by atoms with E-state index >= 15 is 0 Å². The minimum Gasteiger partial charge on any atom is -0.507 e. The van der Waals surface area contributed by atoms with Gasteiger partial charge in [-0.1, -0.05) is 146 Å². The highest BCUT2D eigenvalue weighted by atomic mass is 31.1. The van der Waals surface area contributed by atoms with E-state index in [0.717, 1.165) is 82.7 Å². The lowest BCUT2D eigenvalue weighted by molar-refractivity contribution is 0.416. The fourth-order valence-corrected chi connectivity index (χ4v) is 26.6. The van der Waals surface area contributed by atoms with Crippen molar-refractivity contribution in [3.63, 3.8) is 0 Å². The summed E-state index contributed by atoms with van der Waals surface area (Å²) in [5.41, 5.74) is -0.590. The van der Waals surface area contributed by atoms with Crippen molar-refractivity contribution in [3.8, 4) is 46.0 Å². The number of methoxy groups -OCH3 is 7. The highest BCUT2D eigenvalue weighted by molar-refractivity contribution is 7.84. The Balaban J connectivity index is 1.52. The van der Waals surface area contributed by atoms with Gasteiger partial charge in [0.25, 0.3) is 0 Å². The molecule has 8 aromatic carbocycles. The van der Waals surface area contributed by atoms with E-state index in [0.29, 0.717) is 0 Å². The van der Waals surface area contributed by atoms with Gasteiger partial charge in [-0.25, -0.2) is 0 Å². The smallest absolute Gasteiger partial charge is 0.126 e. The molecule has 8 aromatic rings. The molecule has 71 heavy (non-hydrogen) atoms. The Labute approximate surface area is 422 Å². The van der Waals surface area contributed by atoms with Gasteiger partial charge < -0.3 is 38.3 Å². The molecule has 0 saturated heterocycles. The summed E-state index contributed by atoms with van der Waals surface area (Å²) >= 11 is 0. The van der Waals surface area contributed by atoms with Gasteiger partial charge in [0.05, 0.1) is 49.8 Å². The third kappa shape index (κ3) is 9.57. The van der Waals surface area contributed by atoms with Gasteiger partial charge in [0.2, 0.25) is 0 Å².